The standard InChI is InChI=1S/C19H14F3N5O2S/c1-29-12-8-6-11(7-9-12)10-27-14-5-3-2-4-13(14)15(26-27)16(28)23-18-25-24-17(30-18)19(20,21)22/h2-9H,10H2,1H3,(H,23,25,28). The van der Waals surface area contributed by atoms with Crippen molar-refractivity contribution in [2.75, 3.05) is 12.4 Å². The largest absolute Gasteiger partial charge is 0.497 e. The summed E-state index contributed by atoms with van der Waals surface area (Å²) in [5.74, 6) is 0.0592. The summed E-state index contributed by atoms with van der Waals surface area (Å²) in [6.45, 7) is 0.398. The number of anilines is 1. The van der Waals surface area contributed by atoms with Gasteiger partial charge in [0.05, 0.1) is 19.2 Å². The van der Waals surface area contributed by atoms with Gasteiger partial charge in [0.2, 0.25) is 10.1 Å². The molecular weight excluding hydrogens is 419 g/mol. The molecule has 1 amide bonds. The number of amides is 1. The second-order valence-corrected chi connectivity index (χ2v) is 7.21. The van der Waals surface area contributed by atoms with Crippen molar-refractivity contribution in [1.82, 2.24) is 20.0 Å². The van der Waals surface area contributed by atoms with Gasteiger partial charge in [0.1, 0.15) is 5.75 Å². The molecule has 0 saturated carbocycles. The molecule has 0 spiro atoms. The number of hydrogen-bond donors (Lipinski definition) is 1. The monoisotopic (exact) mass is 433 g/mol. The number of carbonyl (C=O) groups is 1. The van der Waals surface area contributed by atoms with Crippen molar-refractivity contribution in [3.05, 3.63) is 64.8 Å². The van der Waals surface area contributed by atoms with Gasteiger partial charge < -0.3 is 4.74 Å². The molecular formula is C19H14F3N5O2S. The Labute approximate surface area is 172 Å². The van der Waals surface area contributed by atoms with E-state index >= 15 is 0 Å². The van der Waals surface area contributed by atoms with Crippen molar-refractivity contribution in [2.45, 2.75) is 12.7 Å². The lowest BCUT2D eigenvalue weighted by atomic mass is 10.2. The van der Waals surface area contributed by atoms with E-state index in [0.717, 1.165) is 11.3 Å². The predicted molar refractivity (Wildman–Crippen MR) is 105 cm³/mol. The van der Waals surface area contributed by atoms with E-state index in [0.29, 0.717) is 17.4 Å². The normalized spacial score (nSPS) is 11.6. The molecule has 0 atom stereocenters. The predicted octanol–water partition coefficient (Wildman–Crippen LogP) is 4.22. The van der Waals surface area contributed by atoms with E-state index < -0.39 is 17.1 Å². The lowest BCUT2D eigenvalue weighted by Crippen LogP contribution is -2.13. The summed E-state index contributed by atoms with van der Waals surface area (Å²) in [5.41, 5.74) is 1.74. The molecule has 30 heavy (non-hydrogen) atoms. The van der Waals surface area contributed by atoms with Gasteiger partial charge in [-0.05, 0) is 23.8 Å². The zero-order valence-corrected chi connectivity index (χ0v) is 16.3. The fourth-order valence-corrected chi connectivity index (χ4v) is 3.47. The summed E-state index contributed by atoms with van der Waals surface area (Å²) in [4.78, 5) is 12.7. The molecule has 0 saturated heterocycles. The first-order valence-electron chi connectivity index (χ1n) is 8.65. The van der Waals surface area contributed by atoms with Crippen molar-refractivity contribution in [2.24, 2.45) is 0 Å². The first kappa shape index (κ1) is 19.8. The van der Waals surface area contributed by atoms with E-state index in [9.17, 15) is 18.0 Å². The Morgan fingerprint density at radius 3 is 2.53 bits per heavy atom. The fraction of sp³-hybridized carbons (Fsp3) is 0.158. The fourth-order valence-electron chi connectivity index (χ4n) is 2.86. The lowest BCUT2D eigenvalue weighted by Gasteiger charge is -2.05. The van der Waals surface area contributed by atoms with Gasteiger partial charge in [-0.3, -0.25) is 14.8 Å². The highest BCUT2D eigenvalue weighted by atomic mass is 32.1. The van der Waals surface area contributed by atoms with E-state index in [2.05, 4.69) is 20.6 Å². The van der Waals surface area contributed by atoms with Gasteiger partial charge in [-0.1, -0.05) is 41.7 Å². The van der Waals surface area contributed by atoms with E-state index in [1.807, 2.05) is 36.4 Å². The topological polar surface area (TPSA) is 81.9 Å². The summed E-state index contributed by atoms with van der Waals surface area (Å²) in [6.07, 6.45) is -4.62. The second kappa shape index (κ2) is 7.75. The third-order valence-electron chi connectivity index (χ3n) is 4.25. The van der Waals surface area contributed by atoms with Crippen LogP contribution in [0.15, 0.2) is 48.5 Å². The van der Waals surface area contributed by atoms with Crippen LogP contribution in [0.5, 0.6) is 5.75 Å². The third kappa shape index (κ3) is 3.96. The number of methoxy groups -OCH3 is 1. The van der Waals surface area contributed by atoms with Gasteiger partial charge in [-0.15, -0.1) is 10.2 Å². The number of aromatic nitrogens is 4. The Hall–Kier alpha value is -3.47. The minimum Gasteiger partial charge on any atom is -0.497 e. The zero-order chi connectivity index (χ0) is 21.3. The molecule has 0 bridgehead atoms. The molecule has 0 aliphatic carbocycles. The highest BCUT2D eigenvalue weighted by Crippen LogP contribution is 2.33. The van der Waals surface area contributed by atoms with E-state index in [1.165, 1.54) is 0 Å². The number of nitrogens with one attached hydrogen (secondary N) is 1. The minimum absolute atomic E-state index is 0.0860. The molecule has 2 heterocycles. The molecule has 0 unspecified atom stereocenters. The lowest BCUT2D eigenvalue weighted by molar-refractivity contribution is -0.138. The number of alkyl halides is 3. The molecule has 154 valence electrons. The van der Waals surface area contributed by atoms with Gasteiger partial charge in [0.15, 0.2) is 5.69 Å². The molecule has 2 aromatic heterocycles. The third-order valence-corrected chi connectivity index (χ3v) is 5.14. The molecule has 11 heteroatoms. The summed E-state index contributed by atoms with van der Waals surface area (Å²) in [5, 5.41) is 12.4. The number of fused-ring (bicyclic) bond motifs is 1. The number of halogens is 3. The van der Waals surface area contributed by atoms with Crippen LogP contribution in [0.1, 0.15) is 21.1 Å². The molecule has 2 aromatic carbocycles. The number of hydrogen-bond acceptors (Lipinski definition) is 6. The van der Waals surface area contributed by atoms with Crippen LogP contribution < -0.4 is 10.1 Å². The molecule has 1 N–H and O–H groups in total. The van der Waals surface area contributed by atoms with Crippen molar-refractivity contribution in [3.8, 4) is 5.75 Å². The van der Waals surface area contributed by atoms with E-state index in [4.69, 9.17) is 4.74 Å². The number of nitrogens with zero attached hydrogens (tertiary/aromatic N) is 4. The highest BCUT2D eigenvalue weighted by molar-refractivity contribution is 7.15. The van der Waals surface area contributed by atoms with Gasteiger partial charge >= 0.3 is 6.18 Å². The molecule has 0 radical (unpaired) electrons. The Bertz CT molecular complexity index is 1200. The molecule has 0 fully saturated rings. The van der Waals surface area contributed by atoms with Crippen LogP contribution in [0, 0.1) is 0 Å². The molecule has 4 aromatic rings. The first-order valence-corrected chi connectivity index (χ1v) is 9.47. The minimum atomic E-state index is -4.62. The van der Waals surface area contributed by atoms with Crippen molar-refractivity contribution in [3.63, 3.8) is 0 Å². The number of benzene rings is 2. The molecule has 4 rings (SSSR count). The maximum atomic E-state index is 12.7. The average Bonchev–Trinajstić information content (AvgIpc) is 3.34. The number of carbonyl (C=O) groups excluding carboxylic acids is 1. The Morgan fingerprint density at radius 2 is 1.87 bits per heavy atom. The van der Waals surface area contributed by atoms with Gasteiger partial charge in [-0.2, -0.15) is 18.3 Å². The second-order valence-electron chi connectivity index (χ2n) is 6.24. The maximum Gasteiger partial charge on any atom is 0.445 e. The Balaban J connectivity index is 1.62. The maximum absolute atomic E-state index is 12.7. The van der Waals surface area contributed by atoms with Crippen LogP contribution >= 0.6 is 11.3 Å². The van der Waals surface area contributed by atoms with E-state index in [-0.39, 0.29) is 22.2 Å². The van der Waals surface area contributed by atoms with Crippen molar-refractivity contribution >= 4 is 33.3 Å². The van der Waals surface area contributed by atoms with Crippen LogP contribution in [-0.4, -0.2) is 33.0 Å². The van der Waals surface area contributed by atoms with Crippen LogP contribution in [0.25, 0.3) is 10.9 Å². The molecule has 0 aliphatic heterocycles. The summed E-state index contributed by atoms with van der Waals surface area (Å²) in [6, 6.07) is 14.5. The van der Waals surface area contributed by atoms with Crippen LogP contribution in [0.4, 0.5) is 18.3 Å². The number of rotatable bonds is 5. The number of ether oxygens (including phenoxy) is 1. The van der Waals surface area contributed by atoms with E-state index in [1.54, 1.807) is 23.9 Å². The highest BCUT2D eigenvalue weighted by Gasteiger charge is 2.36. The van der Waals surface area contributed by atoms with Crippen molar-refractivity contribution < 1.29 is 22.7 Å². The van der Waals surface area contributed by atoms with Crippen molar-refractivity contribution in [1.29, 1.82) is 0 Å². The van der Waals surface area contributed by atoms with Gasteiger partial charge in [-0.25, -0.2) is 0 Å². The first-order chi connectivity index (χ1) is 14.3. The van der Waals surface area contributed by atoms with Gasteiger partial charge in [0.25, 0.3) is 5.91 Å². The Kier molecular flexibility index (Phi) is 5.12. The molecule has 7 nitrogen and oxygen atoms in total. The summed E-state index contributed by atoms with van der Waals surface area (Å²) >= 11 is 0.255. The summed E-state index contributed by atoms with van der Waals surface area (Å²) < 4.78 is 44.9. The smallest absolute Gasteiger partial charge is 0.445 e. The van der Waals surface area contributed by atoms with Gasteiger partial charge in [0, 0.05) is 5.39 Å². The zero-order valence-electron chi connectivity index (χ0n) is 15.5. The Morgan fingerprint density at radius 1 is 1.13 bits per heavy atom. The quantitative estimate of drug-likeness (QED) is 0.510. The number of para-hydroxylation sites is 1. The van der Waals surface area contributed by atoms with Crippen LogP contribution in [0.2, 0.25) is 0 Å². The average molecular weight is 433 g/mol. The SMILES string of the molecule is COc1ccc(Cn2nc(C(=O)Nc3nnc(C(F)(F)F)s3)c3ccccc32)cc1. The van der Waals surface area contributed by atoms with Crippen LogP contribution in [0.3, 0.4) is 0 Å². The molecule has 0 aliphatic rings. The summed E-state index contributed by atoms with van der Waals surface area (Å²) in [7, 11) is 1.58. The van der Waals surface area contributed by atoms with Crippen LogP contribution in [-0.2, 0) is 12.7 Å².